The SMILES string of the molecule is Cc1cccc(NC(=O)c2ccc3[nH]ncc3c2)c1C. The molecule has 0 saturated carbocycles. The maximum absolute atomic E-state index is 12.3. The highest BCUT2D eigenvalue weighted by Gasteiger charge is 2.09. The van der Waals surface area contributed by atoms with Gasteiger partial charge in [-0.05, 0) is 49.2 Å². The molecule has 3 aromatic rings. The molecule has 4 nitrogen and oxygen atoms in total. The summed E-state index contributed by atoms with van der Waals surface area (Å²) in [7, 11) is 0. The number of hydrogen-bond acceptors (Lipinski definition) is 2. The molecular formula is C16H15N3O. The number of benzene rings is 2. The first-order valence-electron chi connectivity index (χ1n) is 6.46. The summed E-state index contributed by atoms with van der Waals surface area (Å²) in [5, 5.41) is 10.7. The number of aryl methyl sites for hydroxylation is 1. The van der Waals surface area contributed by atoms with Crippen molar-refractivity contribution in [3.8, 4) is 0 Å². The molecule has 20 heavy (non-hydrogen) atoms. The average molecular weight is 265 g/mol. The van der Waals surface area contributed by atoms with Crippen LogP contribution in [0.25, 0.3) is 10.9 Å². The largest absolute Gasteiger partial charge is 0.322 e. The molecule has 0 aliphatic heterocycles. The molecule has 1 heterocycles. The third-order valence-electron chi connectivity index (χ3n) is 3.56. The summed E-state index contributed by atoms with van der Waals surface area (Å²) in [5.41, 5.74) is 4.65. The van der Waals surface area contributed by atoms with Crippen LogP contribution >= 0.6 is 0 Å². The van der Waals surface area contributed by atoms with Gasteiger partial charge in [-0.15, -0.1) is 0 Å². The molecule has 4 heteroatoms. The number of rotatable bonds is 2. The van der Waals surface area contributed by atoms with E-state index >= 15 is 0 Å². The molecule has 0 saturated heterocycles. The summed E-state index contributed by atoms with van der Waals surface area (Å²) in [6.45, 7) is 4.03. The number of nitrogens with one attached hydrogen (secondary N) is 2. The van der Waals surface area contributed by atoms with Crippen molar-refractivity contribution in [2.45, 2.75) is 13.8 Å². The fourth-order valence-electron chi connectivity index (χ4n) is 2.16. The maximum atomic E-state index is 12.3. The van der Waals surface area contributed by atoms with Gasteiger partial charge < -0.3 is 5.32 Å². The average Bonchev–Trinajstić information content (AvgIpc) is 2.91. The summed E-state index contributed by atoms with van der Waals surface area (Å²) >= 11 is 0. The van der Waals surface area contributed by atoms with E-state index in [4.69, 9.17) is 0 Å². The minimum atomic E-state index is -0.109. The molecule has 0 aliphatic carbocycles. The summed E-state index contributed by atoms with van der Waals surface area (Å²) in [6, 6.07) is 11.4. The van der Waals surface area contributed by atoms with Crippen molar-refractivity contribution >= 4 is 22.5 Å². The molecule has 0 spiro atoms. The summed E-state index contributed by atoms with van der Waals surface area (Å²) < 4.78 is 0. The van der Waals surface area contributed by atoms with Crippen LogP contribution in [0.2, 0.25) is 0 Å². The van der Waals surface area contributed by atoms with Crippen LogP contribution in [0, 0.1) is 13.8 Å². The Morgan fingerprint density at radius 1 is 1.20 bits per heavy atom. The molecule has 0 bridgehead atoms. The number of carbonyl (C=O) groups is 1. The van der Waals surface area contributed by atoms with E-state index in [1.165, 1.54) is 0 Å². The normalized spacial score (nSPS) is 10.7. The molecule has 100 valence electrons. The fourth-order valence-corrected chi connectivity index (χ4v) is 2.16. The minimum Gasteiger partial charge on any atom is -0.322 e. The number of amides is 1. The van der Waals surface area contributed by atoms with Crippen molar-refractivity contribution in [1.29, 1.82) is 0 Å². The third kappa shape index (κ3) is 2.16. The van der Waals surface area contributed by atoms with E-state index in [0.29, 0.717) is 5.56 Å². The zero-order valence-corrected chi connectivity index (χ0v) is 11.4. The van der Waals surface area contributed by atoms with Crippen LogP contribution in [0.3, 0.4) is 0 Å². The second kappa shape index (κ2) is 4.81. The molecular weight excluding hydrogens is 250 g/mol. The zero-order chi connectivity index (χ0) is 14.1. The Labute approximate surface area is 116 Å². The van der Waals surface area contributed by atoms with E-state index < -0.39 is 0 Å². The molecule has 0 aliphatic rings. The topological polar surface area (TPSA) is 57.8 Å². The van der Waals surface area contributed by atoms with E-state index in [1.54, 1.807) is 12.3 Å². The molecule has 0 atom stereocenters. The molecule has 0 fully saturated rings. The Kier molecular flexibility index (Phi) is 2.99. The summed E-state index contributed by atoms with van der Waals surface area (Å²) in [5.74, 6) is -0.109. The Morgan fingerprint density at radius 2 is 2.05 bits per heavy atom. The van der Waals surface area contributed by atoms with E-state index in [2.05, 4.69) is 15.5 Å². The number of aromatic amines is 1. The first-order chi connectivity index (χ1) is 9.65. The van der Waals surface area contributed by atoms with Gasteiger partial charge in [0.15, 0.2) is 0 Å². The lowest BCUT2D eigenvalue weighted by Gasteiger charge is -2.10. The first kappa shape index (κ1) is 12.4. The molecule has 2 N–H and O–H groups in total. The van der Waals surface area contributed by atoms with E-state index in [0.717, 1.165) is 27.7 Å². The van der Waals surface area contributed by atoms with Gasteiger partial charge in [0.1, 0.15) is 0 Å². The summed E-state index contributed by atoms with van der Waals surface area (Å²) in [6.07, 6.45) is 1.71. The summed E-state index contributed by atoms with van der Waals surface area (Å²) in [4.78, 5) is 12.3. The van der Waals surface area contributed by atoms with Gasteiger partial charge >= 0.3 is 0 Å². The Bertz CT molecular complexity index is 789. The minimum absolute atomic E-state index is 0.109. The van der Waals surface area contributed by atoms with E-state index in [1.807, 2.05) is 44.2 Å². The Hall–Kier alpha value is -2.62. The van der Waals surface area contributed by atoms with Crippen LogP contribution in [0.15, 0.2) is 42.6 Å². The van der Waals surface area contributed by atoms with Gasteiger partial charge in [-0.1, -0.05) is 12.1 Å². The predicted octanol–water partition coefficient (Wildman–Crippen LogP) is 3.43. The van der Waals surface area contributed by atoms with Crippen molar-refractivity contribution in [2.75, 3.05) is 5.32 Å². The predicted molar refractivity (Wildman–Crippen MR) is 80.0 cm³/mol. The highest BCUT2D eigenvalue weighted by Crippen LogP contribution is 2.20. The number of aromatic nitrogens is 2. The smallest absolute Gasteiger partial charge is 0.255 e. The second-order valence-corrected chi connectivity index (χ2v) is 4.87. The van der Waals surface area contributed by atoms with Crippen molar-refractivity contribution in [2.24, 2.45) is 0 Å². The number of fused-ring (bicyclic) bond motifs is 1. The van der Waals surface area contributed by atoms with Gasteiger partial charge in [-0.3, -0.25) is 9.89 Å². The van der Waals surface area contributed by atoms with Gasteiger partial charge in [-0.25, -0.2) is 0 Å². The lowest BCUT2D eigenvalue weighted by atomic mass is 10.1. The van der Waals surface area contributed by atoms with Gasteiger partial charge in [0.25, 0.3) is 5.91 Å². The second-order valence-electron chi connectivity index (χ2n) is 4.87. The van der Waals surface area contributed by atoms with Gasteiger partial charge in [0.05, 0.1) is 11.7 Å². The number of hydrogen-bond donors (Lipinski definition) is 2. The van der Waals surface area contributed by atoms with Crippen LogP contribution in [0.5, 0.6) is 0 Å². The van der Waals surface area contributed by atoms with Crippen molar-refractivity contribution in [1.82, 2.24) is 10.2 Å². The van der Waals surface area contributed by atoms with Crippen LogP contribution in [-0.2, 0) is 0 Å². The van der Waals surface area contributed by atoms with Gasteiger partial charge in [-0.2, -0.15) is 5.10 Å². The van der Waals surface area contributed by atoms with Crippen LogP contribution in [0.4, 0.5) is 5.69 Å². The highest BCUT2D eigenvalue weighted by atomic mass is 16.1. The van der Waals surface area contributed by atoms with E-state index in [-0.39, 0.29) is 5.91 Å². The maximum Gasteiger partial charge on any atom is 0.255 e. The molecule has 2 aromatic carbocycles. The first-order valence-corrected chi connectivity index (χ1v) is 6.46. The standard InChI is InChI=1S/C16H15N3O/c1-10-4-3-5-14(11(10)2)18-16(20)12-6-7-15-13(8-12)9-17-19-15/h3-9H,1-2H3,(H,17,19)(H,18,20). The lowest BCUT2D eigenvalue weighted by Crippen LogP contribution is -2.12. The van der Waals surface area contributed by atoms with Crippen LogP contribution in [-0.4, -0.2) is 16.1 Å². The van der Waals surface area contributed by atoms with Crippen molar-refractivity contribution in [3.63, 3.8) is 0 Å². The quantitative estimate of drug-likeness (QED) is 0.745. The highest BCUT2D eigenvalue weighted by molar-refractivity contribution is 6.06. The number of anilines is 1. The molecule has 1 aromatic heterocycles. The van der Waals surface area contributed by atoms with Crippen LogP contribution < -0.4 is 5.32 Å². The molecule has 0 unspecified atom stereocenters. The Morgan fingerprint density at radius 3 is 2.90 bits per heavy atom. The van der Waals surface area contributed by atoms with Gasteiger partial charge in [0, 0.05) is 16.6 Å². The number of carbonyl (C=O) groups excluding carboxylic acids is 1. The third-order valence-corrected chi connectivity index (χ3v) is 3.56. The van der Waals surface area contributed by atoms with Gasteiger partial charge in [0.2, 0.25) is 0 Å². The van der Waals surface area contributed by atoms with Crippen molar-refractivity contribution in [3.05, 3.63) is 59.3 Å². The number of H-pyrrole nitrogens is 1. The number of nitrogens with zero attached hydrogens (tertiary/aromatic N) is 1. The van der Waals surface area contributed by atoms with Crippen molar-refractivity contribution < 1.29 is 4.79 Å². The zero-order valence-electron chi connectivity index (χ0n) is 11.4. The van der Waals surface area contributed by atoms with Crippen LogP contribution in [0.1, 0.15) is 21.5 Å². The molecule has 1 amide bonds. The fraction of sp³-hybridized carbons (Fsp3) is 0.125. The lowest BCUT2D eigenvalue weighted by molar-refractivity contribution is 0.102. The molecule has 0 radical (unpaired) electrons. The van der Waals surface area contributed by atoms with E-state index in [9.17, 15) is 4.79 Å². The Balaban J connectivity index is 1.90. The monoisotopic (exact) mass is 265 g/mol. The molecule has 3 rings (SSSR count).